The molecule has 1 atom stereocenters. The molecule has 2 aliphatic rings. The lowest BCUT2D eigenvalue weighted by molar-refractivity contribution is -0.123. The fraction of sp³-hybridized carbons (Fsp3) is 0.458. The summed E-state index contributed by atoms with van der Waals surface area (Å²) in [5.74, 6) is 0.104. The van der Waals surface area contributed by atoms with Gasteiger partial charge in [-0.25, -0.2) is 0 Å². The molecule has 2 fully saturated rings. The van der Waals surface area contributed by atoms with Gasteiger partial charge in [0.05, 0.1) is 12.6 Å². The summed E-state index contributed by atoms with van der Waals surface area (Å²) in [5, 5.41) is 3.07. The highest BCUT2D eigenvalue weighted by Crippen LogP contribution is 2.40. The predicted molar refractivity (Wildman–Crippen MR) is 111 cm³/mol. The third-order valence-corrected chi connectivity index (χ3v) is 6.14. The van der Waals surface area contributed by atoms with E-state index in [4.69, 9.17) is 4.74 Å². The lowest BCUT2D eigenvalue weighted by Gasteiger charge is -2.43. The summed E-state index contributed by atoms with van der Waals surface area (Å²) in [4.78, 5) is 14.9. The Morgan fingerprint density at radius 2 is 1.71 bits per heavy atom. The van der Waals surface area contributed by atoms with Crippen molar-refractivity contribution < 1.29 is 9.53 Å². The number of nitrogens with zero attached hydrogens (tertiary/aromatic N) is 1. The largest absolute Gasteiger partial charge is 0.376 e. The van der Waals surface area contributed by atoms with Crippen molar-refractivity contribution in [3.8, 4) is 0 Å². The van der Waals surface area contributed by atoms with Gasteiger partial charge in [-0.1, -0.05) is 60.7 Å². The highest BCUT2D eigenvalue weighted by atomic mass is 16.5. The number of rotatable bonds is 6. The minimum absolute atomic E-state index is 0.0599. The van der Waals surface area contributed by atoms with Crippen LogP contribution in [0.2, 0.25) is 0 Å². The summed E-state index contributed by atoms with van der Waals surface area (Å²) in [6.07, 6.45) is 4.54. The molecular weight excluding hydrogens is 348 g/mol. The van der Waals surface area contributed by atoms with Crippen molar-refractivity contribution in [1.82, 2.24) is 10.2 Å². The zero-order chi connectivity index (χ0) is 19.2. The van der Waals surface area contributed by atoms with Crippen LogP contribution < -0.4 is 5.32 Å². The first-order valence-corrected chi connectivity index (χ1v) is 10.5. The number of carbonyl (C=O) groups is 1. The maximum atomic E-state index is 12.5. The molecule has 28 heavy (non-hydrogen) atoms. The molecule has 2 saturated heterocycles. The fourth-order valence-corrected chi connectivity index (χ4v) is 4.72. The molecule has 0 radical (unpaired) electrons. The Labute approximate surface area is 167 Å². The zero-order valence-electron chi connectivity index (χ0n) is 16.5. The van der Waals surface area contributed by atoms with Crippen LogP contribution in [0.4, 0.5) is 0 Å². The minimum Gasteiger partial charge on any atom is -0.376 e. The van der Waals surface area contributed by atoms with E-state index in [0.29, 0.717) is 13.1 Å². The number of piperidine rings is 1. The topological polar surface area (TPSA) is 41.6 Å². The molecule has 0 unspecified atom stereocenters. The standard InChI is InChI=1S/C24H30N2O2/c27-23(25-17-22-13-7-16-28-22)18-26-15-8-14-24(19-26,20-9-3-1-4-10-20)21-11-5-2-6-12-21/h1-6,9-12,22H,7-8,13-19H2,(H,25,27)/t22-/m1/s1. The molecule has 2 aromatic rings. The van der Waals surface area contributed by atoms with Gasteiger partial charge >= 0.3 is 0 Å². The van der Waals surface area contributed by atoms with Crippen molar-refractivity contribution in [2.24, 2.45) is 0 Å². The van der Waals surface area contributed by atoms with Crippen molar-refractivity contribution in [3.05, 3.63) is 71.8 Å². The van der Waals surface area contributed by atoms with Crippen molar-refractivity contribution in [3.63, 3.8) is 0 Å². The SMILES string of the molecule is O=C(CN1CCCC(c2ccccc2)(c2ccccc2)C1)NC[C@H]1CCCO1. The van der Waals surface area contributed by atoms with Gasteiger partial charge in [0.2, 0.25) is 5.91 Å². The first-order chi connectivity index (χ1) is 13.8. The van der Waals surface area contributed by atoms with E-state index < -0.39 is 0 Å². The highest BCUT2D eigenvalue weighted by molar-refractivity contribution is 5.78. The monoisotopic (exact) mass is 378 g/mol. The second-order valence-corrected chi connectivity index (χ2v) is 8.07. The number of likely N-dealkylation sites (tertiary alicyclic amines) is 1. The maximum Gasteiger partial charge on any atom is 0.234 e. The quantitative estimate of drug-likeness (QED) is 0.838. The molecule has 2 aliphatic heterocycles. The average Bonchev–Trinajstić information content (AvgIpc) is 3.27. The lowest BCUT2D eigenvalue weighted by Crippen LogP contribution is -2.50. The van der Waals surface area contributed by atoms with E-state index in [0.717, 1.165) is 45.4 Å². The van der Waals surface area contributed by atoms with Crippen LogP contribution in [0.25, 0.3) is 0 Å². The molecule has 1 amide bonds. The Morgan fingerprint density at radius 3 is 2.32 bits per heavy atom. The number of carbonyl (C=O) groups excluding carboxylic acids is 1. The third kappa shape index (κ3) is 4.29. The number of hydrogen-bond donors (Lipinski definition) is 1. The Balaban J connectivity index is 1.48. The third-order valence-electron chi connectivity index (χ3n) is 6.14. The summed E-state index contributed by atoms with van der Waals surface area (Å²) >= 11 is 0. The molecule has 1 N–H and O–H groups in total. The van der Waals surface area contributed by atoms with Crippen LogP contribution in [0, 0.1) is 0 Å². The Kier molecular flexibility index (Phi) is 6.08. The number of hydrogen-bond acceptors (Lipinski definition) is 3. The second kappa shape index (κ2) is 8.89. The molecule has 0 aromatic heterocycles. The molecule has 4 rings (SSSR count). The van der Waals surface area contributed by atoms with Crippen LogP contribution in [0.1, 0.15) is 36.8 Å². The van der Waals surface area contributed by atoms with E-state index in [1.54, 1.807) is 0 Å². The number of nitrogens with one attached hydrogen (secondary N) is 1. The smallest absolute Gasteiger partial charge is 0.234 e. The number of amides is 1. The Hall–Kier alpha value is -2.17. The number of benzene rings is 2. The minimum atomic E-state index is -0.0599. The zero-order valence-corrected chi connectivity index (χ0v) is 16.5. The molecule has 0 saturated carbocycles. The van der Waals surface area contributed by atoms with Crippen LogP contribution in [-0.4, -0.2) is 49.7 Å². The molecule has 2 heterocycles. The molecular formula is C24H30N2O2. The van der Waals surface area contributed by atoms with Gasteiger partial charge in [0.15, 0.2) is 0 Å². The fourth-order valence-electron chi connectivity index (χ4n) is 4.72. The lowest BCUT2D eigenvalue weighted by atomic mass is 9.69. The van der Waals surface area contributed by atoms with Gasteiger partial charge in [0, 0.05) is 25.1 Å². The molecule has 148 valence electrons. The summed E-state index contributed by atoms with van der Waals surface area (Å²) in [5.41, 5.74) is 2.62. The van der Waals surface area contributed by atoms with Gasteiger partial charge < -0.3 is 10.1 Å². The summed E-state index contributed by atoms with van der Waals surface area (Å²) < 4.78 is 5.61. The predicted octanol–water partition coefficient (Wildman–Crippen LogP) is 3.36. The van der Waals surface area contributed by atoms with Crippen LogP contribution in [-0.2, 0) is 14.9 Å². The van der Waals surface area contributed by atoms with Gasteiger partial charge in [-0.3, -0.25) is 9.69 Å². The Morgan fingerprint density at radius 1 is 1.04 bits per heavy atom. The molecule has 0 aliphatic carbocycles. The van der Waals surface area contributed by atoms with Gasteiger partial charge in [-0.15, -0.1) is 0 Å². The molecule has 4 heteroatoms. The van der Waals surface area contributed by atoms with Crippen molar-refractivity contribution in [2.45, 2.75) is 37.2 Å². The average molecular weight is 379 g/mol. The van der Waals surface area contributed by atoms with E-state index >= 15 is 0 Å². The van der Waals surface area contributed by atoms with Crippen molar-refractivity contribution >= 4 is 5.91 Å². The van der Waals surface area contributed by atoms with Crippen molar-refractivity contribution in [2.75, 3.05) is 32.8 Å². The van der Waals surface area contributed by atoms with Crippen LogP contribution in [0.3, 0.4) is 0 Å². The van der Waals surface area contributed by atoms with Crippen LogP contribution >= 0.6 is 0 Å². The summed E-state index contributed by atoms with van der Waals surface area (Å²) in [6.45, 7) is 3.75. The van der Waals surface area contributed by atoms with Crippen LogP contribution in [0.5, 0.6) is 0 Å². The van der Waals surface area contributed by atoms with Crippen molar-refractivity contribution in [1.29, 1.82) is 0 Å². The summed E-state index contributed by atoms with van der Waals surface area (Å²) in [7, 11) is 0. The van der Waals surface area contributed by atoms with Gasteiger partial charge in [-0.2, -0.15) is 0 Å². The van der Waals surface area contributed by atoms with E-state index in [-0.39, 0.29) is 17.4 Å². The van der Waals surface area contributed by atoms with Crippen LogP contribution in [0.15, 0.2) is 60.7 Å². The van der Waals surface area contributed by atoms with E-state index in [1.807, 2.05) is 0 Å². The molecule has 0 spiro atoms. The molecule has 4 nitrogen and oxygen atoms in total. The maximum absolute atomic E-state index is 12.5. The Bertz CT molecular complexity index is 717. The van der Waals surface area contributed by atoms with E-state index in [9.17, 15) is 4.79 Å². The van der Waals surface area contributed by atoms with E-state index in [2.05, 4.69) is 70.9 Å². The highest BCUT2D eigenvalue weighted by Gasteiger charge is 2.38. The van der Waals surface area contributed by atoms with E-state index in [1.165, 1.54) is 11.1 Å². The normalized spacial score (nSPS) is 22.1. The number of ether oxygens (including phenoxy) is 1. The van der Waals surface area contributed by atoms with Gasteiger partial charge in [0.25, 0.3) is 0 Å². The van der Waals surface area contributed by atoms with Gasteiger partial charge in [0.1, 0.15) is 0 Å². The molecule has 2 aromatic carbocycles. The van der Waals surface area contributed by atoms with Gasteiger partial charge in [-0.05, 0) is 43.4 Å². The first-order valence-electron chi connectivity index (χ1n) is 10.5. The second-order valence-electron chi connectivity index (χ2n) is 8.07. The summed E-state index contributed by atoms with van der Waals surface area (Å²) in [6, 6.07) is 21.5. The molecule has 0 bridgehead atoms. The first kappa shape index (κ1) is 19.2.